The van der Waals surface area contributed by atoms with Crippen LogP contribution in [0.15, 0.2) is 64.5 Å². The fourth-order valence-electron chi connectivity index (χ4n) is 3.41. The second kappa shape index (κ2) is 11.5. The standard InChI is InChI=1S/C21H27FN4O2S.HI/c1-23-21(24-12-7-17-29(27,28)18-8-3-2-4-9-18)26-15-13-25(14-16-26)20-11-6-5-10-19(20)22;/h2-6,8-11H,7,12-17H2,1H3,(H,23,24);1H. The molecule has 0 aliphatic carbocycles. The molecule has 0 radical (unpaired) electrons. The Morgan fingerprint density at radius 2 is 1.67 bits per heavy atom. The largest absolute Gasteiger partial charge is 0.366 e. The van der Waals surface area contributed by atoms with Gasteiger partial charge in [-0.15, -0.1) is 24.0 Å². The summed E-state index contributed by atoms with van der Waals surface area (Å²) in [6, 6.07) is 15.3. The van der Waals surface area contributed by atoms with Crippen LogP contribution in [0.3, 0.4) is 0 Å². The molecule has 1 fully saturated rings. The number of para-hydroxylation sites is 1. The van der Waals surface area contributed by atoms with Crippen LogP contribution in [0.5, 0.6) is 0 Å². The van der Waals surface area contributed by atoms with Gasteiger partial charge in [-0.05, 0) is 30.7 Å². The molecule has 0 aromatic heterocycles. The van der Waals surface area contributed by atoms with Gasteiger partial charge in [0.1, 0.15) is 5.82 Å². The zero-order valence-corrected chi connectivity index (χ0v) is 20.1. The van der Waals surface area contributed by atoms with Gasteiger partial charge in [-0.3, -0.25) is 4.99 Å². The summed E-state index contributed by atoms with van der Waals surface area (Å²) in [5.74, 6) is 0.626. The first-order valence-corrected chi connectivity index (χ1v) is 11.4. The average Bonchev–Trinajstić information content (AvgIpc) is 2.75. The number of benzene rings is 2. The quantitative estimate of drug-likeness (QED) is 0.261. The van der Waals surface area contributed by atoms with Gasteiger partial charge in [0.05, 0.1) is 16.3 Å². The zero-order valence-electron chi connectivity index (χ0n) is 17.0. The Hall–Kier alpha value is -1.88. The molecule has 0 bridgehead atoms. The van der Waals surface area contributed by atoms with Crippen molar-refractivity contribution in [3.63, 3.8) is 0 Å². The van der Waals surface area contributed by atoms with Crippen molar-refractivity contribution < 1.29 is 12.8 Å². The summed E-state index contributed by atoms with van der Waals surface area (Å²) < 4.78 is 38.7. The Labute approximate surface area is 195 Å². The first kappa shape index (κ1) is 24.4. The van der Waals surface area contributed by atoms with Crippen LogP contribution >= 0.6 is 24.0 Å². The van der Waals surface area contributed by atoms with Gasteiger partial charge < -0.3 is 15.1 Å². The molecule has 9 heteroatoms. The minimum atomic E-state index is -3.27. The third kappa shape index (κ3) is 6.31. The van der Waals surface area contributed by atoms with Crippen molar-refractivity contribution in [3.05, 3.63) is 60.4 Å². The van der Waals surface area contributed by atoms with Gasteiger partial charge in [0.2, 0.25) is 0 Å². The molecule has 1 N–H and O–H groups in total. The van der Waals surface area contributed by atoms with Crippen molar-refractivity contribution in [3.8, 4) is 0 Å². The lowest BCUT2D eigenvalue weighted by molar-refractivity contribution is 0.371. The summed E-state index contributed by atoms with van der Waals surface area (Å²) in [5.41, 5.74) is 0.626. The van der Waals surface area contributed by atoms with Crippen LogP contribution in [0.4, 0.5) is 10.1 Å². The van der Waals surface area contributed by atoms with Crippen molar-refractivity contribution in [2.24, 2.45) is 4.99 Å². The lowest BCUT2D eigenvalue weighted by atomic mass is 10.2. The minimum Gasteiger partial charge on any atom is -0.366 e. The van der Waals surface area contributed by atoms with E-state index in [1.165, 1.54) is 6.07 Å². The number of anilines is 1. The summed E-state index contributed by atoms with van der Waals surface area (Å²) in [6.07, 6.45) is 0.492. The molecule has 1 heterocycles. The number of guanidine groups is 1. The molecule has 0 atom stereocenters. The first-order chi connectivity index (χ1) is 14.0. The molecule has 164 valence electrons. The third-order valence-electron chi connectivity index (χ3n) is 4.96. The van der Waals surface area contributed by atoms with E-state index in [1.807, 2.05) is 11.0 Å². The summed E-state index contributed by atoms with van der Waals surface area (Å²) in [4.78, 5) is 8.81. The highest BCUT2D eigenvalue weighted by Gasteiger charge is 2.21. The topological polar surface area (TPSA) is 65.0 Å². The first-order valence-electron chi connectivity index (χ1n) is 9.74. The Kier molecular flexibility index (Phi) is 9.35. The van der Waals surface area contributed by atoms with Crippen molar-refractivity contribution in [2.45, 2.75) is 11.3 Å². The Bertz CT molecular complexity index is 933. The molecule has 2 aromatic rings. The van der Waals surface area contributed by atoms with Gasteiger partial charge in [0.15, 0.2) is 15.8 Å². The summed E-state index contributed by atoms with van der Waals surface area (Å²) >= 11 is 0. The molecule has 30 heavy (non-hydrogen) atoms. The molecule has 0 saturated carbocycles. The highest BCUT2D eigenvalue weighted by atomic mass is 127. The van der Waals surface area contributed by atoms with Crippen LogP contribution in [-0.4, -0.2) is 64.8 Å². The Balaban J connectivity index is 0.00000320. The predicted molar refractivity (Wildman–Crippen MR) is 130 cm³/mol. The van der Waals surface area contributed by atoms with Gasteiger partial charge in [0.25, 0.3) is 0 Å². The minimum absolute atomic E-state index is 0. The van der Waals surface area contributed by atoms with Crippen molar-refractivity contribution in [1.29, 1.82) is 0 Å². The number of halogens is 2. The van der Waals surface area contributed by atoms with E-state index in [-0.39, 0.29) is 35.5 Å². The molecule has 2 aromatic carbocycles. The molecule has 0 spiro atoms. The van der Waals surface area contributed by atoms with E-state index >= 15 is 0 Å². The summed E-state index contributed by atoms with van der Waals surface area (Å²) in [6.45, 7) is 3.35. The van der Waals surface area contributed by atoms with Gasteiger partial charge in [-0.1, -0.05) is 30.3 Å². The van der Waals surface area contributed by atoms with Gasteiger partial charge in [-0.2, -0.15) is 0 Å². The van der Waals surface area contributed by atoms with Gasteiger partial charge in [-0.25, -0.2) is 12.8 Å². The summed E-state index contributed by atoms with van der Waals surface area (Å²) in [5, 5.41) is 3.25. The van der Waals surface area contributed by atoms with Crippen LogP contribution in [-0.2, 0) is 9.84 Å². The molecule has 1 saturated heterocycles. The molecule has 1 aliphatic heterocycles. The molecule has 3 rings (SSSR count). The fraction of sp³-hybridized carbons (Fsp3) is 0.381. The van der Waals surface area contributed by atoms with Crippen molar-refractivity contribution >= 4 is 45.5 Å². The Morgan fingerprint density at radius 3 is 2.30 bits per heavy atom. The number of rotatable bonds is 6. The number of sulfone groups is 1. The van der Waals surface area contributed by atoms with Crippen LogP contribution in [0, 0.1) is 5.82 Å². The van der Waals surface area contributed by atoms with E-state index in [0.29, 0.717) is 36.6 Å². The van der Waals surface area contributed by atoms with Crippen LogP contribution in [0.1, 0.15) is 6.42 Å². The van der Waals surface area contributed by atoms with Crippen LogP contribution in [0.2, 0.25) is 0 Å². The van der Waals surface area contributed by atoms with Crippen LogP contribution < -0.4 is 10.2 Å². The van der Waals surface area contributed by atoms with Crippen molar-refractivity contribution in [2.75, 3.05) is 50.4 Å². The van der Waals surface area contributed by atoms with E-state index in [0.717, 1.165) is 19.0 Å². The average molecular weight is 546 g/mol. The number of piperazine rings is 1. The number of nitrogens with zero attached hydrogens (tertiary/aromatic N) is 3. The zero-order chi connectivity index (χ0) is 20.7. The van der Waals surface area contributed by atoms with Crippen molar-refractivity contribution in [1.82, 2.24) is 10.2 Å². The SMILES string of the molecule is CN=C(NCCCS(=O)(=O)c1ccccc1)N1CCN(c2ccccc2F)CC1.I. The molecule has 1 aliphatic rings. The molecule has 0 unspecified atom stereocenters. The Morgan fingerprint density at radius 1 is 1.03 bits per heavy atom. The van der Waals surface area contributed by atoms with E-state index in [9.17, 15) is 12.8 Å². The monoisotopic (exact) mass is 546 g/mol. The third-order valence-corrected chi connectivity index (χ3v) is 6.78. The molecule has 6 nitrogen and oxygen atoms in total. The fourth-order valence-corrected chi connectivity index (χ4v) is 4.74. The lowest BCUT2D eigenvalue weighted by Crippen LogP contribution is -2.52. The number of hydrogen-bond acceptors (Lipinski definition) is 4. The maximum absolute atomic E-state index is 14.0. The van der Waals surface area contributed by atoms with Crippen LogP contribution in [0.25, 0.3) is 0 Å². The van der Waals surface area contributed by atoms with E-state index in [1.54, 1.807) is 49.5 Å². The number of hydrogen-bond donors (Lipinski definition) is 1. The molecular weight excluding hydrogens is 518 g/mol. The van der Waals surface area contributed by atoms with Gasteiger partial charge >= 0.3 is 0 Å². The van der Waals surface area contributed by atoms with E-state index < -0.39 is 9.84 Å². The molecule has 0 amide bonds. The van der Waals surface area contributed by atoms with E-state index in [2.05, 4.69) is 15.2 Å². The maximum atomic E-state index is 14.0. The second-order valence-corrected chi connectivity index (χ2v) is 8.99. The van der Waals surface area contributed by atoms with Gasteiger partial charge in [0, 0.05) is 39.8 Å². The highest BCUT2D eigenvalue weighted by Crippen LogP contribution is 2.20. The maximum Gasteiger partial charge on any atom is 0.193 e. The highest BCUT2D eigenvalue weighted by molar-refractivity contribution is 14.0. The second-order valence-electron chi connectivity index (χ2n) is 6.88. The number of nitrogens with one attached hydrogen (secondary N) is 1. The lowest BCUT2D eigenvalue weighted by Gasteiger charge is -2.37. The number of aliphatic imine (C=N–C) groups is 1. The summed E-state index contributed by atoms with van der Waals surface area (Å²) in [7, 11) is -1.55. The smallest absolute Gasteiger partial charge is 0.193 e. The predicted octanol–water partition coefficient (Wildman–Crippen LogP) is 3.01. The normalized spacial score (nSPS) is 14.9. The van der Waals surface area contributed by atoms with E-state index in [4.69, 9.17) is 0 Å². The molecular formula is C21H28FIN4O2S.